The fraction of sp³-hybridized carbons (Fsp3) is 0.368. The lowest BCUT2D eigenvalue weighted by atomic mass is 9.85. The molecule has 2 atom stereocenters. The number of nitrogens with one attached hydrogen (secondary N) is 1. The van der Waals surface area contributed by atoms with Gasteiger partial charge in [-0.15, -0.1) is 12.4 Å². The molecule has 4 nitrogen and oxygen atoms in total. The summed E-state index contributed by atoms with van der Waals surface area (Å²) in [4.78, 5) is 2.84. The van der Waals surface area contributed by atoms with E-state index in [0.29, 0.717) is 10.9 Å². The van der Waals surface area contributed by atoms with Crippen LogP contribution in [-0.4, -0.2) is 32.4 Å². The third-order valence-electron chi connectivity index (χ3n) is 5.17. The van der Waals surface area contributed by atoms with E-state index in [4.69, 9.17) is 0 Å². The number of sulfonamides is 1. The number of halogens is 1. The van der Waals surface area contributed by atoms with Gasteiger partial charge in [0.1, 0.15) is 0 Å². The lowest BCUT2D eigenvalue weighted by Gasteiger charge is -2.43. The number of hydrogen-bond acceptors (Lipinski definition) is 3. The fourth-order valence-electron chi connectivity index (χ4n) is 3.95. The number of nitrogens with zero attached hydrogens (tertiary/aromatic N) is 1. The Morgan fingerprint density at radius 1 is 0.960 bits per heavy atom. The molecule has 0 spiro atoms. The first-order valence-corrected chi connectivity index (χ1v) is 10.0. The number of piperidine rings is 1. The minimum atomic E-state index is -3.44. The van der Waals surface area contributed by atoms with Gasteiger partial charge in [-0.2, -0.15) is 0 Å². The van der Waals surface area contributed by atoms with Gasteiger partial charge in [-0.3, -0.25) is 4.90 Å². The van der Waals surface area contributed by atoms with Crippen LogP contribution in [0, 0.1) is 0 Å². The molecule has 2 aromatic rings. The molecular formula is C19H23ClN2O2S. The summed E-state index contributed by atoms with van der Waals surface area (Å²) in [6, 6.07) is 17.5. The molecule has 1 fully saturated rings. The van der Waals surface area contributed by atoms with Crippen molar-refractivity contribution in [2.45, 2.75) is 36.2 Å². The molecule has 0 aromatic heterocycles. The summed E-state index contributed by atoms with van der Waals surface area (Å²) >= 11 is 0. The Hall–Kier alpha value is -1.40. The molecule has 0 amide bonds. The lowest BCUT2D eigenvalue weighted by Crippen LogP contribution is -2.48. The van der Waals surface area contributed by atoms with E-state index >= 15 is 0 Å². The van der Waals surface area contributed by atoms with Gasteiger partial charge in [0, 0.05) is 25.2 Å². The Balaban J connectivity index is 0.00000182. The largest absolute Gasteiger partial charge is 0.296 e. The number of benzene rings is 2. The van der Waals surface area contributed by atoms with Crippen molar-refractivity contribution in [2.24, 2.45) is 0 Å². The maximum Gasteiger partial charge on any atom is 0.240 e. The minimum absolute atomic E-state index is 0. The molecule has 6 heteroatoms. The van der Waals surface area contributed by atoms with Crippen LogP contribution in [0.25, 0.3) is 0 Å². The van der Waals surface area contributed by atoms with Crippen molar-refractivity contribution in [3.63, 3.8) is 0 Å². The SMILES string of the molecule is Cl.O=S(=O)(N[C@@H]1CCN2CCc3ccccc3[C@@H]2C1)c1ccccc1. The van der Waals surface area contributed by atoms with Crippen molar-refractivity contribution in [3.8, 4) is 0 Å². The molecule has 0 bridgehead atoms. The summed E-state index contributed by atoms with van der Waals surface area (Å²) in [6.45, 7) is 2.01. The summed E-state index contributed by atoms with van der Waals surface area (Å²) in [5.41, 5.74) is 2.78. The summed E-state index contributed by atoms with van der Waals surface area (Å²) in [5, 5.41) is 0. The molecule has 4 rings (SSSR count). The molecule has 0 radical (unpaired) electrons. The molecular weight excluding hydrogens is 356 g/mol. The summed E-state index contributed by atoms with van der Waals surface area (Å²) < 4.78 is 28.1. The van der Waals surface area contributed by atoms with Crippen molar-refractivity contribution < 1.29 is 8.42 Å². The van der Waals surface area contributed by atoms with Gasteiger partial charge in [-0.1, -0.05) is 42.5 Å². The molecule has 2 heterocycles. The zero-order valence-electron chi connectivity index (χ0n) is 14.0. The third kappa shape index (κ3) is 3.75. The van der Waals surface area contributed by atoms with E-state index in [1.54, 1.807) is 24.3 Å². The van der Waals surface area contributed by atoms with Crippen LogP contribution in [-0.2, 0) is 16.4 Å². The van der Waals surface area contributed by atoms with Gasteiger partial charge in [0.15, 0.2) is 0 Å². The first kappa shape index (κ1) is 18.4. The van der Waals surface area contributed by atoms with Gasteiger partial charge >= 0.3 is 0 Å². The normalized spacial score (nSPS) is 23.2. The van der Waals surface area contributed by atoms with Crippen LogP contribution in [0.3, 0.4) is 0 Å². The van der Waals surface area contributed by atoms with E-state index in [1.807, 2.05) is 6.07 Å². The van der Waals surface area contributed by atoms with E-state index in [0.717, 1.165) is 32.4 Å². The quantitative estimate of drug-likeness (QED) is 0.892. The first-order chi connectivity index (χ1) is 11.6. The van der Waals surface area contributed by atoms with E-state index in [2.05, 4.69) is 33.9 Å². The second-order valence-corrected chi connectivity index (χ2v) is 8.37. The summed E-state index contributed by atoms with van der Waals surface area (Å²) in [7, 11) is -3.44. The highest BCUT2D eigenvalue weighted by Crippen LogP contribution is 2.36. The number of rotatable bonds is 3. The van der Waals surface area contributed by atoms with Gasteiger partial charge in [0.2, 0.25) is 10.0 Å². The Morgan fingerprint density at radius 2 is 1.68 bits per heavy atom. The highest BCUT2D eigenvalue weighted by atomic mass is 35.5. The van der Waals surface area contributed by atoms with Gasteiger partial charge in [-0.05, 0) is 42.5 Å². The summed E-state index contributed by atoms with van der Waals surface area (Å²) in [5.74, 6) is 0. The van der Waals surface area contributed by atoms with Crippen LogP contribution in [0.15, 0.2) is 59.5 Å². The second kappa shape index (κ2) is 7.46. The van der Waals surface area contributed by atoms with Crippen LogP contribution in [0.5, 0.6) is 0 Å². The predicted octanol–water partition coefficient (Wildman–Crippen LogP) is 3.15. The van der Waals surface area contributed by atoms with E-state index in [-0.39, 0.29) is 18.4 Å². The lowest BCUT2D eigenvalue weighted by molar-refractivity contribution is 0.122. The molecule has 1 N–H and O–H groups in total. The highest BCUT2D eigenvalue weighted by molar-refractivity contribution is 7.89. The Morgan fingerprint density at radius 3 is 2.48 bits per heavy atom. The zero-order valence-corrected chi connectivity index (χ0v) is 15.6. The van der Waals surface area contributed by atoms with Crippen molar-refractivity contribution in [1.29, 1.82) is 0 Å². The van der Waals surface area contributed by atoms with Gasteiger partial charge in [-0.25, -0.2) is 13.1 Å². The molecule has 2 aliphatic heterocycles. The smallest absolute Gasteiger partial charge is 0.240 e. The van der Waals surface area contributed by atoms with Crippen molar-refractivity contribution in [1.82, 2.24) is 9.62 Å². The van der Waals surface area contributed by atoms with Crippen molar-refractivity contribution in [2.75, 3.05) is 13.1 Å². The van der Waals surface area contributed by atoms with Gasteiger partial charge < -0.3 is 0 Å². The molecule has 134 valence electrons. The average molecular weight is 379 g/mol. The van der Waals surface area contributed by atoms with Crippen LogP contribution in [0.2, 0.25) is 0 Å². The molecule has 0 aliphatic carbocycles. The van der Waals surface area contributed by atoms with E-state index < -0.39 is 10.0 Å². The molecule has 25 heavy (non-hydrogen) atoms. The van der Waals surface area contributed by atoms with Crippen LogP contribution < -0.4 is 4.72 Å². The summed E-state index contributed by atoms with van der Waals surface area (Å²) in [6.07, 6.45) is 2.79. The monoisotopic (exact) mass is 378 g/mol. The molecule has 0 unspecified atom stereocenters. The predicted molar refractivity (Wildman–Crippen MR) is 101 cm³/mol. The van der Waals surface area contributed by atoms with Crippen LogP contribution >= 0.6 is 12.4 Å². The van der Waals surface area contributed by atoms with Crippen LogP contribution in [0.4, 0.5) is 0 Å². The molecule has 1 saturated heterocycles. The Bertz CT molecular complexity index is 826. The van der Waals surface area contributed by atoms with Crippen molar-refractivity contribution >= 4 is 22.4 Å². The number of fused-ring (bicyclic) bond motifs is 3. The van der Waals surface area contributed by atoms with Gasteiger partial charge in [0.05, 0.1) is 4.90 Å². The van der Waals surface area contributed by atoms with E-state index in [1.165, 1.54) is 11.1 Å². The second-order valence-electron chi connectivity index (χ2n) is 6.66. The Kier molecular flexibility index (Phi) is 5.49. The molecule has 2 aromatic carbocycles. The maximum absolute atomic E-state index is 12.6. The van der Waals surface area contributed by atoms with Crippen molar-refractivity contribution in [3.05, 3.63) is 65.7 Å². The van der Waals surface area contributed by atoms with Crippen LogP contribution in [0.1, 0.15) is 30.0 Å². The topological polar surface area (TPSA) is 49.4 Å². The average Bonchev–Trinajstić information content (AvgIpc) is 2.62. The number of hydrogen-bond donors (Lipinski definition) is 1. The zero-order chi connectivity index (χ0) is 16.6. The molecule has 0 saturated carbocycles. The first-order valence-electron chi connectivity index (χ1n) is 8.53. The standard InChI is InChI=1S/C19H22N2O2S.ClH/c22-24(23,17-7-2-1-3-8-17)20-16-11-13-21-12-10-15-6-4-5-9-18(15)19(21)14-16;/h1-9,16,19-20H,10-14H2;1H/t16-,19+;/m1./s1. The Labute approximate surface area is 155 Å². The van der Waals surface area contributed by atoms with Gasteiger partial charge in [0.25, 0.3) is 0 Å². The maximum atomic E-state index is 12.6. The highest BCUT2D eigenvalue weighted by Gasteiger charge is 2.34. The molecule has 2 aliphatic rings. The van der Waals surface area contributed by atoms with E-state index in [9.17, 15) is 8.42 Å². The fourth-order valence-corrected chi connectivity index (χ4v) is 5.25. The third-order valence-corrected chi connectivity index (χ3v) is 6.71. The minimum Gasteiger partial charge on any atom is -0.296 e.